The summed E-state index contributed by atoms with van der Waals surface area (Å²) in [4.78, 5) is 5.85. The van der Waals surface area contributed by atoms with Crippen LogP contribution >= 0.6 is 11.3 Å². The molecule has 0 aliphatic heterocycles. The van der Waals surface area contributed by atoms with Crippen molar-refractivity contribution in [3.05, 3.63) is 45.9 Å². The van der Waals surface area contributed by atoms with Crippen LogP contribution in [0.15, 0.2) is 30.5 Å². The van der Waals surface area contributed by atoms with Crippen LogP contribution in [0.2, 0.25) is 0 Å². The molecule has 2 atom stereocenters. The van der Waals surface area contributed by atoms with E-state index in [9.17, 15) is 0 Å². The molecule has 0 spiro atoms. The van der Waals surface area contributed by atoms with Crippen LogP contribution in [0, 0.1) is 0 Å². The third-order valence-electron chi connectivity index (χ3n) is 3.48. The summed E-state index contributed by atoms with van der Waals surface area (Å²) in [7, 11) is 0. The van der Waals surface area contributed by atoms with E-state index < -0.39 is 0 Å². The van der Waals surface area contributed by atoms with Gasteiger partial charge in [0.2, 0.25) is 0 Å². The Bertz CT molecular complexity index is 550. The predicted octanol–water partition coefficient (Wildman–Crippen LogP) is 4.52. The molecule has 0 amide bonds. The first-order valence-electron chi connectivity index (χ1n) is 7.57. The van der Waals surface area contributed by atoms with Gasteiger partial charge in [-0.3, -0.25) is 0 Å². The second-order valence-corrected chi connectivity index (χ2v) is 6.28. The minimum Gasteiger partial charge on any atom is -0.494 e. The van der Waals surface area contributed by atoms with Crippen LogP contribution < -0.4 is 10.1 Å². The van der Waals surface area contributed by atoms with Crippen LogP contribution in [0.25, 0.3) is 0 Å². The minimum absolute atomic E-state index is 0.261. The predicted molar refractivity (Wildman–Crippen MR) is 89.1 cm³/mol. The summed E-state index contributed by atoms with van der Waals surface area (Å²) < 4.78 is 5.48. The third-order valence-corrected chi connectivity index (χ3v) is 4.81. The zero-order chi connectivity index (χ0) is 15.2. The standard InChI is InChI=1S/C17H24N2OS/c1-5-16-11-18-17(21-16)13(4)19-12(3)14-7-9-15(10-8-14)20-6-2/h7-13,19H,5-6H2,1-4H3. The van der Waals surface area contributed by atoms with Gasteiger partial charge in [-0.1, -0.05) is 19.1 Å². The molecule has 4 heteroatoms. The molecule has 0 aliphatic carbocycles. The summed E-state index contributed by atoms with van der Waals surface area (Å²) in [6.45, 7) is 9.22. The Balaban J connectivity index is 1.97. The highest BCUT2D eigenvalue weighted by Gasteiger charge is 2.14. The van der Waals surface area contributed by atoms with E-state index in [0.717, 1.165) is 17.2 Å². The minimum atomic E-state index is 0.261. The number of hydrogen-bond donors (Lipinski definition) is 1. The summed E-state index contributed by atoms with van der Waals surface area (Å²) >= 11 is 1.79. The molecule has 0 bridgehead atoms. The lowest BCUT2D eigenvalue weighted by molar-refractivity contribution is 0.340. The third kappa shape index (κ3) is 4.29. The number of aryl methyl sites for hydroxylation is 1. The Labute approximate surface area is 131 Å². The molecule has 2 unspecified atom stereocenters. The average Bonchev–Trinajstić information content (AvgIpc) is 2.97. The molecule has 21 heavy (non-hydrogen) atoms. The summed E-state index contributed by atoms with van der Waals surface area (Å²) in [5, 5.41) is 4.77. The smallest absolute Gasteiger partial charge is 0.119 e. The normalized spacial score (nSPS) is 13.9. The van der Waals surface area contributed by atoms with Gasteiger partial charge in [0.15, 0.2) is 0 Å². The Morgan fingerprint density at radius 3 is 2.43 bits per heavy atom. The van der Waals surface area contributed by atoms with Crippen LogP contribution in [0.5, 0.6) is 5.75 Å². The second kappa shape index (κ2) is 7.57. The summed E-state index contributed by atoms with van der Waals surface area (Å²) in [6, 6.07) is 8.84. The zero-order valence-electron chi connectivity index (χ0n) is 13.2. The number of hydrogen-bond acceptors (Lipinski definition) is 4. The highest BCUT2D eigenvalue weighted by Crippen LogP contribution is 2.24. The summed E-state index contributed by atoms with van der Waals surface area (Å²) in [5.74, 6) is 0.925. The van der Waals surface area contributed by atoms with E-state index in [1.165, 1.54) is 10.4 Å². The van der Waals surface area contributed by atoms with E-state index in [1.54, 1.807) is 11.3 Å². The van der Waals surface area contributed by atoms with Gasteiger partial charge < -0.3 is 10.1 Å². The van der Waals surface area contributed by atoms with Crippen LogP contribution in [-0.4, -0.2) is 11.6 Å². The lowest BCUT2D eigenvalue weighted by Crippen LogP contribution is -2.22. The van der Waals surface area contributed by atoms with Crippen molar-refractivity contribution in [3.63, 3.8) is 0 Å². The number of aromatic nitrogens is 1. The van der Waals surface area contributed by atoms with Gasteiger partial charge in [0.05, 0.1) is 12.6 Å². The molecule has 1 heterocycles. The average molecular weight is 304 g/mol. The van der Waals surface area contributed by atoms with Crippen LogP contribution in [0.4, 0.5) is 0 Å². The highest BCUT2D eigenvalue weighted by atomic mass is 32.1. The number of nitrogens with zero attached hydrogens (tertiary/aromatic N) is 1. The van der Waals surface area contributed by atoms with Gasteiger partial charge in [-0.15, -0.1) is 11.3 Å². The van der Waals surface area contributed by atoms with Crippen molar-refractivity contribution in [3.8, 4) is 5.75 Å². The largest absolute Gasteiger partial charge is 0.494 e. The SMILES string of the molecule is CCOc1ccc(C(C)NC(C)c2ncc(CC)s2)cc1. The molecule has 2 rings (SSSR count). The van der Waals surface area contributed by atoms with Crippen molar-refractivity contribution in [1.82, 2.24) is 10.3 Å². The second-order valence-electron chi connectivity index (χ2n) is 5.13. The molecule has 2 aromatic rings. The lowest BCUT2D eigenvalue weighted by atomic mass is 10.1. The maximum absolute atomic E-state index is 5.48. The zero-order valence-corrected chi connectivity index (χ0v) is 14.0. The van der Waals surface area contributed by atoms with Crippen molar-refractivity contribution in [1.29, 1.82) is 0 Å². The lowest BCUT2D eigenvalue weighted by Gasteiger charge is -2.19. The van der Waals surface area contributed by atoms with E-state index in [4.69, 9.17) is 4.74 Å². The molecule has 0 fully saturated rings. The van der Waals surface area contributed by atoms with Crippen molar-refractivity contribution >= 4 is 11.3 Å². The topological polar surface area (TPSA) is 34.1 Å². The maximum Gasteiger partial charge on any atom is 0.119 e. The van der Waals surface area contributed by atoms with Crippen LogP contribution in [-0.2, 0) is 6.42 Å². The number of thiazole rings is 1. The molecule has 3 nitrogen and oxygen atoms in total. The van der Waals surface area contributed by atoms with Crippen LogP contribution in [0.1, 0.15) is 55.2 Å². The Morgan fingerprint density at radius 2 is 1.86 bits per heavy atom. The van der Waals surface area contributed by atoms with Crippen molar-refractivity contribution in [2.75, 3.05) is 6.61 Å². The van der Waals surface area contributed by atoms with Crippen LogP contribution in [0.3, 0.4) is 0 Å². The van der Waals surface area contributed by atoms with Gasteiger partial charge in [0, 0.05) is 17.1 Å². The molecule has 114 valence electrons. The molecular weight excluding hydrogens is 280 g/mol. The summed E-state index contributed by atoms with van der Waals surface area (Å²) in [6.07, 6.45) is 3.04. The van der Waals surface area contributed by atoms with E-state index in [1.807, 2.05) is 25.3 Å². The molecular formula is C17H24N2OS. The quantitative estimate of drug-likeness (QED) is 0.817. The van der Waals surface area contributed by atoms with E-state index >= 15 is 0 Å². The fourth-order valence-corrected chi connectivity index (χ4v) is 3.12. The highest BCUT2D eigenvalue weighted by molar-refractivity contribution is 7.11. The molecule has 0 saturated heterocycles. The number of rotatable bonds is 7. The Hall–Kier alpha value is -1.39. The van der Waals surface area contributed by atoms with Gasteiger partial charge in [-0.2, -0.15) is 0 Å². The van der Waals surface area contributed by atoms with Gasteiger partial charge in [-0.25, -0.2) is 4.98 Å². The van der Waals surface area contributed by atoms with Gasteiger partial charge in [0.1, 0.15) is 10.8 Å². The van der Waals surface area contributed by atoms with E-state index in [2.05, 4.69) is 43.2 Å². The molecule has 0 saturated carbocycles. The van der Waals surface area contributed by atoms with Crippen molar-refractivity contribution in [2.24, 2.45) is 0 Å². The first-order valence-corrected chi connectivity index (χ1v) is 8.39. The van der Waals surface area contributed by atoms with Crippen molar-refractivity contribution in [2.45, 2.75) is 46.2 Å². The molecule has 0 radical (unpaired) electrons. The van der Waals surface area contributed by atoms with Gasteiger partial charge in [-0.05, 0) is 44.9 Å². The first-order chi connectivity index (χ1) is 10.1. The fraction of sp³-hybridized carbons (Fsp3) is 0.471. The number of nitrogens with one attached hydrogen (secondary N) is 1. The van der Waals surface area contributed by atoms with E-state index in [0.29, 0.717) is 6.61 Å². The Kier molecular flexibility index (Phi) is 5.76. The molecule has 0 aliphatic rings. The number of ether oxygens (including phenoxy) is 1. The van der Waals surface area contributed by atoms with Gasteiger partial charge in [0.25, 0.3) is 0 Å². The van der Waals surface area contributed by atoms with Crippen molar-refractivity contribution < 1.29 is 4.74 Å². The molecule has 1 N–H and O–H groups in total. The maximum atomic E-state index is 5.48. The monoisotopic (exact) mass is 304 g/mol. The van der Waals surface area contributed by atoms with E-state index in [-0.39, 0.29) is 12.1 Å². The first kappa shape index (κ1) is 16.0. The number of benzene rings is 1. The summed E-state index contributed by atoms with van der Waals surface area (Å²) in [5.41, 5.74) is 1.26. The molecule has 1 aromatic carbocycles. The molecule has 1 aromatic heterocycles. The Morgan fingerprint density at radius 1 is 1.14 bits per heavy atom. The van der Waals surface area contributed by atoms with Gasteiger partial charge >= 0.3 is 0 Å². The fourth-order valence-electron chi connectivity index (χ4n) is 2.25.